The summed E-state index contributed by atoms with van der Waals surface area (Å²) in [6.45, 7) is 2.95. The van der Waals surface area contributed by atoms with Gasteiger partial charge in [-0.05, 0) is 37.8 Å². The third kappa shape index (κ3) is 3.72. The van der Waals surface area contributed by atoms with Gasteiger partial charge < -0.3 is 26.4 Å². The number of aromatic nitrogens is 2. The molecule has 11 heteroatoms. The topological polar surface area (TPSA) is 119 Å². The molecular formula is C21H25FN6O2S2. The number of amides is 1. The molecule has 1 saturated heterocycles. The third-order valence-electron chi connectivity index (χ3n) is 6.17. The average molecular weight is 477 g/mol. The minimum absolute atomic E-state index is 0.102. The van der Waals surface area contributed by atoms with Crippen molar-refractivity contribution in [2.45, 2.75) is 44.4 Å². The van der Waals surface area contributed by atoms with Crippen LogP contribution in [0.2, 0.25) is 0 Å². The smallest absolute Gasteiger partial charge is 0.263 e. The van der Waals surface area contributed by atoms with Gasteiger partial charge in [-0.15, -0.1) is 22.7 Å². The molecule has 3 aromatic rings. The molecule has 1 aliphatic heterocycles. The van der Waals surface area contributed by atoms with E-state index in [1.807, 2.05) is 11.8 Å². The van der Waals surface area contributed by atoms with E-state index < -0.39 is 0 Å². The number of fused-ring (bicyclic) bond motifs is 2. The van der Waals surface area contributed by atoms with E-state index in [4.69, 9.17) is 16.2 Å². The van der Waals surface area contributed by atoms with E-state index in [-0.39, 0.29) is 29.9 Å². The highest BCUT2D eigenvalue weighted by molar-refractivity contribution is 7.29. The van der Waals surface area contributed by atoms with E-state index in [0.717, 1.165) is 32.2 Å². The molecule has 5 N–H and O–H groups in total. The highest BCUT2D eigenvalue weighted by atomic mass is 32.1. The number of nitrogens with one attached hydrogen (secondary N) is 1. The van der Waals surface area contributed by atoms with Crippen molar-refractivity contribution >= 4 is 49.6 Å². The first-order valence-electron chi connectivity index (χ1n) is 10.5. The lowest BCUT2D eigenvalue weighted by Crippen LogP contribution is -2.39. The number of nitrogens with two attached hydrogens (primary N) is 2. The number of thiophene rings is 1. The maximum absolute atomic E-state index is 14.9. The van der Waals surface area contributed by atoms with Gasteiger partial charge in [-0.25, -0.2) is 14.4 Å². The molecule has 4 heterocycles. The van der Waals surface area contributed by atoms with Crippen LogP contribution in [0.3, 0.4) is 0 Å². The summed E-state index contributed by atoms with van der Waals surface area (Å²) in [5.41, 5.74) is 14.5. The summed E-state index contributed by atoms with van der Waals surface area (Å²) < 4.78 is 21.2. The lowest BCUT2D eigenvalue weighted by Gasteiger charge is -2.27. The predicted octanol–water partition coefficient (Wildman–Crippen LogP) is 2.23. The summed E-state index contributed by atoms with van der Waals surface area (Å²) in [6, 6.07) is 1.27. The van der Waals surface area contributed by atoms with E-state index in [2.05, 4.69) is 15.3 Å². The Morgan fingerprint density at radius 3 is 2.88 bits per heavy atom. The Morgan fingerprint density at radius 1 is 1.34 bits per heavy atom. The molecule has 0 spiro atoms. The van der Waals surface area contributed by atoms with Crippen molar-refractivity contribution in [2.24, 2.45) is 5.73 Å². The van der Waals surface area contributed by atoms with Crippen LogP contribution in [0.15, 0.2) is 6.07 Å². The number of carbonyl (C=O) groups excluding carboxylic acids is 1. The van der Waals surface area contributed by atoms with Gasteiger partial charge in [0, 0.05) is 31.9 Å². The second kappa shape index (κ2) is 8.22. The number of aryl methyl sites for hydroxylation is 2. The third-order valence-corrected chi connectivity index (χ3v) is 8.40. The number of halogens is 1. The van der Waals surface area contributed by atoms with Crippen molar-refractivity contribution in [2.75, 3.05) is 30.8 Å². The van der Waals surface area contributed by atoms with Crippen molar-refractivity contribution in [3.63, 3.8) is 0 Å². The van der Waals surface area contributed by atoms with Crippen LogP contribution in [0, 0.1) is 12.7 Å². The Balaban J connectivity index is 1.30. The van der Waals surface area contributed by atoms with Gasteiger partial charge in [-0.2, -0.15) is 0 Å². The fourth-order valence-electron chi connectivity index (χ4n) is 4.51. The van der Waals surface area contributed by atoms with Gasteiger partial charge in [0.25, 0.3) is 5.91 Å². The molecule has 8 nitrogen and oxygen atoms in total. The molecule has 0 saturated carbocycles. The fourth-order valence-corrected chi connectivity index (χ4v) is 6.61. The van der Waals surface area contributed by atoms with E-state index in [9.17, 15) is 9.18 Å². The van der Waals surface area contributed by atoms with Crippen LogP contribution >= 0.6 is 22.7 Å². The maximum Gasteiger partial charge on any atom is 0.263 e. The van der Waals surface area contributed by atoms with Crippen molar-refractivity contribution < 1.29 is 13.9 Å². The first kappa shape index (κ1) is 21.5. The predicted molar refractivity (Wildman–Crippen MR) is 125 cm³/mol. The van der Waals surface area contributed by atoms with Crippen LogP contribution in [-0.2, 0) is 17.6 Å². The molecule has 1 fully saturated rings. The molecule has 0 aromatic carbocycles. The molecule has 32 heavy (non-hydrogen) atoms. The maximum atomic E-state index is 14.9. The zero-order valence-electron chi connectivity index (χ0n) is 17.9. The monoisotopic (exact) mass is 476 g/mol. The van der Waals surface area contributed by atoms with Gasteiger partial charge in [-0.3, -0.25) is 4.79 Å². The molecule has 2 aliphatic rings. The second-order valence-corrected chi connectivity index (χ2v) is 10.6. The number of nitrogens with zero attached hydrogens (tertiary/aromatic N) is 3. The van der Waals surface area contributed by atoms with Crippen molar-refractivity contribution in [1.82, 2.24) is 15.3 Å². The minimum atomic E-state index is -0.371. The zero-order chi connectivity index (χ0) is 22.6. The summed E-state index contributed by atoms with van der Waals surface area (Å²) in [4.78, 5) is 25.0. The van der Waals surface area contributed by atoms with Gasteiger partial charge in [0.2, 0.25) is 0 Å². The zero-order valence-corrected chi connectivity index (χ0v) is 19.5. The first-order chi connectivity index (χ1) is 15.3. The number of pyridine rings is 1. The number of thiazole rings is 1. The number of hydrogen-bond acceptors (Lipinski definition) is 9. The van der Waals surface area contributed by atoms with Crippen molar-refractivity contribution in [3.8, 4) is 0 Å². The number of anilines is 2. The van der Waals surface area contributed by atoms with Crippen molar-refractivity contribution in [3.05, 3.63) is 33.0 Å². The first-order valence-corrected chi connectivity index (χ1v) is 12.1. The second-order valence-electron chi connectivity index (χ2n) is 8.37. The van der Waals surface area contributed by atoms with Crippen LogP contribution < -0.4 is 21.7 Å². The highest BCUT2D eigenvalue weighted by Gasteiger charge is 2.33. The number of ether oxygens (including phenoxy) is 1. The molecule has 3 unspecified atom stereocenters. The largest absolute Gasteiger partial charge is 0.396 e. The molecule has 0 radical (unpaired) electrons. The molecular weight excluding hydrogens is 451 g/mol. The summed E-state index contributed by atoms with van der Waals surface area (Å²) in [6.07, 6.45) is 1.79. The molecule has 3 aromatic heterocycles. The van der Waals surface area contributed by atoms with Crippen LogP contribution in [0.5, 0.6) is 0 Å². The Kier molecular flexibility index (Phi) is 5.52. The van der Waals surface area contributed by atoms with Gasteiger partial charge in [0.05, 0.1) is 27.5 Å². The van der Waals surface area contributed by atoms with Crippen molar-refractivity contribution in [1.29, 1.82) is 0 Å². The Hall–Kier alpha value is -2.34. The quantitative estimate of drug-likeness (QED) is 0.528. The minimum Gasteiger partial charge on any atom is -0.396 e. The summed E-state index contributed by atoms with van der Waals surface area (Å²) >= 11 is 2.80. The molecule has 5 rings (SSSR count). The van der Waals surface area contributed by atoms with Crippen LogP contribution in [0.1, 0.15) is 32.4 Å². The van der Waals surface area contributed by atoms with Crippen LogP contribution in [0.25, 0.3) is 9.53 Å². The lowest BCUT2D eigenvalue weighted by molar-refractivity contribution is 0.0938. The SMILES string of the molecule is COC1CN(c2nc3c(cc2F)CC(NC(=O)c2sc4nc(C)sc4c2N)CC3)CC1N. The molecule has 3 atom stereocenters. The Labute approximate surface area is 192 Å². The van der Waals surface area contributed by atoms with Crippen LogP contribution in [-0.4, -0.2) is 54.3 Å². The fraction of sp³-hybridized carbons (Fsp3) is 0.476. The summed E-state index contributed by atoms with van der Waals surface area (Å²) in [5, 5.41) is 3.99. The summed E-state index contributed by atoms with van der Waals surface area (Å²) in [5.74, 6) is -0.246. The summed E-state index contributed by atoms with van der Waals surface area (Å²) in [7, 11) is 1.61. The Bertz CT molecular complexity index is 1190. The number of nitrogen functional groups attached to an aromatic ring is 1. The van der Waals surface area contributed by atoms with Gasteiger partial charge in [-0.1, -0.05) is 0 Å². The molecule has 0 bridgehead atoms. The molecule has 1 amide bonds. The van der Waals surface area contributed by atoms with E-state index in [1.54, 1.807) is 13.2 Å². The normalized spacial score (nSPS) is 23.0. The molecule has 170 valence electrons. The van der Waals surface area contributed by atoms with Gasteiger partial charge in [0.15, 0.2) is 11.6 Å². The standard InChI is InChI=1S/C21H25FN6O2S2/c1-9-25-21-18(31-9)16(24)17(32-21)20(29)26-11-3-4-14-10(5-11)6-12(22)19(27-14)28-7-13(23)15(8-28)30-2/h6,11,13,15H,3-5,7-8,23-24H2,1-2H3,(H,26,29). The van der Waals surface area contributed by atoms with E-state index in [1.165, 1.54) is 22.7 Å². The molecule has 1 aliphatic carbocycles. The number of hydrogen-bond donors (Lipinski definition) is 3. The van der Waals surface area contributed by atoms with Gasteiger partial charge in [0.1, 0.15) is 9.71 Å². The number of methoxy groups -OCH3 is 1. The lowest BCUT2D eigenvalue weighted by atomic mass is 9.91. The van der Waals surface area contributed by atoms with Crippen LogP contribution in [0.4, 0.5) is 15.9 Å². The van der Waals surface area contributed by atoms with E-state index >= 15 is 0 Å². The number of rotatable bonds is 4. The Morgan fingerprint density at radius 2 is 2.16 bits per heavy atom. The van der Waals surface area contributed by atoms with Gasteiger partial charge >= 0.3 is 0 Å². The van der Waals surface area contributed by atoms with E-state index in [0.29, 0.717) is 42.3 Å². The average Bonchev–Trinajstić information content (AvgIpc) is 3.40. The number of carbonyl (C=O) groups is 1. The highest BCUT2D eigenvalue weighted by Crippen LogP contribution is 2.37.